The molecule has 3 heterocycles. The largest absolute Gasteiger partial charge is 0.444 e. The molecule has 0 aliphatic carbocycles. The van der Waals surface area contributed by atoms with Gasteiger partial charge in [-0.15, -0.1) is 0 Å². The molecule has 1 aliphatic rings. The van der Waals surface area contributed by atoms with E-state index in [0.717, 1.165) is 0 Å². The van der Waals surface area contributed by atoms with Crippen molar-refractivity contribution >= 4 is 46.0 Å². The summed E-state index contributed by atoms with van der Waals surface area (Å²) in [6, 6.07) is 7.36. The van der Waals surface area contributed by atoms with E-state index in [9.17, 15) is 18.6 Å². The Labute approximate surface area is 302 Å². The number of benzene rings is 2. The zero-order valence-corrected chi connectivity index (χ0v) is 30.8. The number of nitrogens with zero attached hydrogens (tertiary/aromatic N) is 6. The Morgan fingerprint density at radius 2 is 1.65 bits per heavy atom. The number of anilines is 1. The first-order valence-corrected chi connectivity index (χ1v) is 18.4. The topological polar surface area (TPSA) is 132 Å². The maximum atomic E-state index is 15.6. The smallest absolute Gasteiger partial charge is 0.410 e. The predicted octanol–water partition coefficient (Wildman–Crippen LogP) is 5.90. The monoisotopic (exact) mass is 743 g/mol. The van der Waals surface area contributed by atoms with Crippen molar-refractivity contribution in [3.8, 4) is 22.4 Å². The summed E-state index contributed by atoms with van der Waals surface area (Å²) < 4.78 is 50.8. The molecule has 1 fully saturated rings. The van der Waals surface area contributed by atoms with Gasteiger partial charge in [-0.1, -0.05) is 17.7 Å². The fourth-order valence-corrected chi connectivity index (χ4v) is 6.49. The van der Waals surface area contributed by atoms with Gasteiger partial charge in [0, 0.05) is 91.2 Å². The molecule has 12 nitrogen and oxygen atoms in total. The van der Waals surface area contributed by atoms with Crippen LogP contribution in [-0.4, -0.2) is 95.0 Å². The van der Waals surface area contributed by atoms with E-state index >= 15 is 8.78 Å². The Kier molecular flexibility index (Phi) is 11.3. The zero-order chi connectivity index (χ0) is 37.2. The lowest BCUT2D eigenvalue weighted by molar-refractivity contribution is 0.0141. The second kappa shape index (κ2) is 15.3. The van der Waals surface area contributed by atoms with Crippen molar-refractivity contribution in [1.29, 1.82) is 0 Å². The maximum absolute atomic E-state index is 15.6. The summed E-state index contributed by atoms with van der Waals surface area (Å²) in [6.45, 7) is 8.80. The summed E-state index contributed by atoms with van der Waals surface area (Å²) in [5.74, 6) is -2.68. The molecular formula is C35H40ClF2N7O5S. The summed E-state index contributed by atoms with van der Waals surface area (Å²) in [5.41, 5.74) is 0.998. The van der Waals surface area contributed by atoms with Crippen molar-refractivity contribution < 1.29 is 32.1 Å². The molecule has 0 saturated carbocycles. The van der Waals surface area contributed by atoms with E-state index in [4.69, 9.17) is 16.3 Å². The number of hydrogen-bond acceptors (Lipinski definition) is 7. The highest BCUT2D eigenvalue weighted by Gasteiger charge is 2.29. The van der Waals surface area contributed by atoms with Crippen molar-refractivity contribution in [2.45, 2.75) is 46.3 Å². The Morgan fingerprint density at radius 1 is 1.00 bits per heavy atom. The quantitative estimate of drug-likeness (QED) is 0.226. The lowest BCUT2D eigenvalue weighted by Crippen LogP contribution is -2.51. The maximum Gasteiger partial charge on any atom is 0.410 e. The molecule has 51 heavy (non-hydrogen) atoms. The van der Waals surface area contributed by atoms with Crippen LogP contribution in [0, 0.1) is 18.6 Å². The Hall–Kier alpha value is -4.63. The van der Waals surface area contributed by atoms with Gasteiger partial charge in [0.2, 0.25) is 0 Å². The third-order valence-electron chi connectivity index (χ3n) is 8.28. The van der Waals surface area contributed by atoms with Crippen LogP contribution < -0.4 is 5.32 Å². The Bertz CT molecular complexity index is 2000. The third-order valence-corrected chi connectivity index (χ3v) is 9.46. The van der Waals surface area contributed by atoms with Gasteiger partial charge < -0.3 is 24.4 Å². The van der Waals surface area contributed by atoms with Crippen LogP contribution in [0.2, 0.25) is 5.02 Å². The number of carbonyl (C=O) groups is 3. The lowest BCUT2D eigenvalue weighted by atomic mass is 10.0. The number of halogens is 3. The average Bonchev–Trinajstić information content (AvgIpc) is 3.62. The number of rotatable bonds is 9. The SMILES string of the molecule is Cc1nn(CCCS(C)=O)cc1-c1ccc(-c2cnc(C(=O)Nc3ccc(C(=O)N4CCN(C(=O)OC(C)(C)C)CC4)c(Cl)c3)n2C)c(F)c1F. The van der Waals surface area contributed by atoms with Crippen molar-refractivity contribution in [3.63, 3.8) is 0 Å². The third kappa shape index (κ3) is 8.64. The number of hydrogen-bond donors (Lipinski definition) is 1. The number of ether oxygens (including phenoxy) is 1. The molecule has 0 radical (unpaired) electrons. The van der Waals surface area contributed by atoms with E-state index in [0.29, 0.717) is 61.8 Å². The number of aryl methyl sites for hydroxylation is 2. The van der Waals surface area contributed by atoms with Crippen LogP contribution in [0.5, 0.6) is 0 Å². The molecular weight excluding hydrogens is 704 g/mol. The van der Waals surface area contributed by atoms with E-state index in [1.54, 1.807) is 54.6 Å². The second-order valence-corrected chi connectivity index (χ2v) is 15.2. The van der Waals surface area contributed by atoms with Crippen molar-refractivity contribution in [2.75, 3.05) is 43.5 Å². The first-order valence-electron chi connectivity index (χ1n) is 16.3. The number of carbonyl (C=O) groups excluding carboxylic acids is 3. The van der Waals surface area contributed by atoms with Crippen LogP contribution in [-0.2, 0) is 29.1 Å². The van der Waals surface area contributed by atoms with Crippen molar-refractivity contribution in [1.82, 2.24) is 29.1 Å². The summed E-state index contributed by atoms with van der Waals surface area (Å²) in [4.78, 5) is 46.1. The standard InChI is InChI=1S/C35H40ClF2N7O5S/c1-21-26(20-45(41-21)12-7-17-51(6)49)23-10-11-25(30(38)29(23)37)28-19-39-31(42(28)5)32(46)40-22-8-9-24(27(36)18-22)33(47)43-13-15-44(16-14-43)34(48)50-35(2,3)4/h8-11,18-20H,7,12-17H2,1-6H3,(H,40,46). The molecule has 1 atom stereocenters. The van der Waals surface area contributed by atoms with Crippen LogP contribution in [0.1, 0.15) is 53.9 Å². The molecule has 1 N–H and O–H groups in total. The van der Waals surface area contributed by atoms with E-state index in [2.05, 4.69) is 15.4 Å². The van der Waals surface area contributed by atoms with Crippen LogP contribution >= 0.6 is 11.6 Å². The number of piperazine rings is 1. The molecule has 1 aliphatic heterocycles. The zero-order valence-electron chi connectivity index (χ0n) is 29.3. The van der Waals surface area contributed by atoms with Crippen LogP contribution in [0.4, 0.5) is 19.3 Å². The minimum absolute atomic E-state index is 0.0427. The lowest BCUT2D eigenvalue weighted by Gasteiger charge is -2.35. The van der Waals surface area contributed by atoms with Gasteiger partial charge >= 0.3 is 6.09 Å². The number of aromatic nitrogens is 4. The Balaban J connectivity index is 1.25. The Morgan fingerprint density at radius 3 is 2.29 bits per heavy atom. The fraction of sp³-hybridized carbons (Fsp3) is 0.400. The first kappa shape index (κ1) is 37.6. The number of amides is 3. The minimum Gasteiger partial charge on any atom is -0.444 e. The van der Waals surface area contributed by atoms with Gasteiger partial charge in [-0.2, -0.15) is 5.10 Å². The molecule has 1 unspecified atom stereocenters. The highest BCUT2D eigenvalue weighted by atomic mass is 35.5. The molecule has 4 aromatic rings. The van der Waals surface area contributed by atoms with Gasteiger partial charge in [-0.25, -0.2) is 18.6 Å². The molecule has 5 rings (SSSR count). The predicted molar refractivity (Wildman–Crippen MR) is 191 cm³/mol. The van der Waals surface area contributed by atoms with Crippen LogP contribution in [0.25, 0.3) is 22.4 Å². The molecule has 0 bridgehead atoms. The summed E-state index contributed by atoms with van der Waals surface area (Å²) in [6.07, 6.45) is 4.74. The highest BCUT2D eigenvalue weighted by Crippen LogP contribution is 2.33. The molecule has 3 amide bonds. The normalized spacial score (nSPS) is 14.1. The van der Waals surface area contributed by atoms with Crippen molar-refractivity contribution in [2.24, 2.45) is 7.05 Å². The average molecular weight is 744 g/mol. The van der Waals surface area contributed by atoms with E-state index in [1.807, 2.05) is 0 Å². The fourth-order valence-electron chi connectivity index (χ4n) is 5.69. The van der Waals surface area contributed by atoms with E-state index < -0.39 is 40.0 Å². The number of imidazole rings is 1. The highest BCUT2D eigenvalue weighted by molar-refractivity contribution is 7.84. The first-order chi connectivity index (χ1) is 24.0. The molecule has 2 aromatic carbocycles. The van der Waals surface area contributed by atoms with Gasteiger partial charge in [-0.05, 0) is 58.4 Å². The van der Waals surface area contributed by atoms with E-state index in [-0.39, 0.29) is 39.1 Å². The molecule has 16 heteroatoms. The molecule has 2 aromatic heterocycles. The molecule has 272 valence electrons. The van der Waals surface area contributed by atoms with Crippen LogP contribution in [0.15, 0.2) is 42.7 Å². The van der Waals surface area contributed by atoms with Gasteiger partial charge in [0.1, 0.15) is 5.60 Å². The van der Waals surface area contributed by atoms with Gasteiger partial charge in [0.15, 0.2) is 17.5 Å². The van der Waals surface area contributed by atoms with Gasteiger partial charge in [0.25, 0.3) is 11.8 Å². The molecule has 0 spiro atoms. The van der Waals surface area contributed by atoms with Crippen LogP contribution in [0.3, 0.4) is 0 Å². The second-order valence-electron chi connectivity index (χ2n) is 13.2. The summed E-state index contributed by atoms with van der Waals surface area (Å²) in [5, 5.41) is 7.19. The van der Waals surface area contributed by atoms with E-state index in [1.165, 1.54) is 48.1 Å². The summed E-state index contributed by atoms with van der Waals surface area (Å²) in [7, 11) is 0.575. The van der Waals surface area contributed by atoms with Crippen molar-refractivity contribution in [3.05, 3.63) is 76.5 Å². The number of nitrogens with one attached hydrogen (secondary N) is 1. The van der Waals surface area contributed by atoms with Gasteiger partial charge in [-0.3, -0.25) is 18.5 Å². The van der Waals surface area contributed by atoms with Gasteiger partial charge in [0.05, 0.1) is 28.2 Å². The summed E-state index contributed by atoms with van der Waals surface area (Å²) >= 11 is 6.48. The minimum atomic E-state index is -1.10. The molecule has 1 saturated heterocycles.